The second-order valence-corrected chi connectivity index (χ2v) is 8.65. The lowest BCUT2D eigenvalue weighted by Gasteiger charge is -2.30. The average Bonchev–Trinajstić information content (AvgIpc) is 3.27. The summed E-state index contributed by atoms with van der Waals surface area (Å²) in [6.45, 7) is 4.55. The minimum absolute atomic E-state index is 0.211. The summed E-state index contributed by atoms with van der Waals surface area (Å²) in [6, 6.07) is 14.0. The Bertz CT molecular complexity index is 1110. The molecule has 0 radical (unpaired) electrons. The van der Waals surface area contributed by atoms with E-state index in [1.54, 1.807) is 5.38 Å². The smallest absolute Gasteiger partial charge is 0.271 e. The zero-order chi connectivity index (χ0) is 22.3. The van der Waals surface area contributed by atoms with Crippen LogP contribution in [0.5, 0.6) is 0 Å². The van der Waals surface area contributed by atoms with Gasteiger partial charge in [0.1, 0.15) is 17.3 Å². The van der Waals surface area contributed by atoms with E-state index in [4.69, 9.17) is 5.26 Å². The van der Waals surface area contributed by atoms with Gasteiger partial charge in [-0.05, 0) is 31.9 Å². The molecular weight excluding hydrogens is 422 g/mol. The van der Waals surface area contributed by atoms with Gasteiger partial charge >= 0.3 is 0 Å². The van der Waals surface area contributed by atoms with Crippen LogP contribution in [0, 0.1) is 18.3 Å². The molecule has 0 aliphatic carbocycles. The van der Waals surface area contributed by atoms with E-state index in [0.717, 1.165) is 37.2 Å². The predicted molar refractivity (Wildman–Crippen MR) is 124 cm³/mol. The van der Waals surface area contributed by atoms with Crippen LogP contribution in [0.2, 0.25) is 0 Å². The normalized spacial score (nSPS) is 16.3. The Kier molecular flexibility index (Phi) is 7.04. The molecule has 9 heteroatoms. The maximum atomic E-state index is 12.4. The number of nitriles is 1. The number of carbonyl (C=O) groups is 1. The van der Waals surface area contributed by atoms with Gasteiger partial charge in [-0.25, -0.2) is 15.0 Å². The Morgan fingerprint density at radius 2 is 2.12 bits per heavy atom. The van der Waals surface area contributed by atoms with Gasteiger partial charge in [0.15, 0.2) is 5.13 Å². The summed E-state index contributed by atoms with van der Waals surface area (Å²) in [6.07, 6.45) is 2.09. The molecule has 0 spiro atoms. The van der Waals surface area contributed by atoms with Crippen molar-refractivity contribution in [1.29, 1.82) is 5.26 Å². The Morgan fingerprint density at radius 3 is 2.94 bits per heavy atom. The van der Waals surface area contributed by atoms with Crippen LogP contribution in [0.1, 0.15) is 46.3 Å². The number of amides is 1. The molecule has 2 N–H and O–H groups in total. The number of nitrogens with one attached hydrogen (secondary N) is 2. The minimum Gasteiger partial charge on any atom is -0.347 e. The number of aromatic nitrogens is 3. The van der Waals surface area contributed by atoms with Crippen LogP contribution in [-0.2, 0) is 6.54 Å². The molecule has 32 heavy (non-hydrogen) atoms. The van der Waals surface area contributed by atoms with Crippen molar-refractivity contribution >= 4 is 28.2 Å². The van der Waals surface area contributed by atoms with Gasteiger partial charge < -0.3 is 10.6 Å². The number of piperidine rings is 1. The SMILES string of the molecule is Cc1nc(Nc2nc(C(=O)NCc3ccccc3)cs2)cc(C2CCCN(CC#N)C2)n1. The van der Waals surface area contributed by atoms with Gasteiger partial charge in [-0.15, -0.1) is 11.3 Å². The summed E-state index contributed by atoms with van der Waals surface area (Å²) < 4.78 is 0. The highest BCUT2D eigenvalue weighted by molar-refractivity contribution is 7.14. The molecule has 3 aromatic rings. The van der Waals surface area contributed by atoms with Gasteiger partial charge in [-0.3, -0.25) is 9.69 Å². The first kappa shape index (κ1) is 21.9. The first-order chi connectivity index (χ1) is 15.6. The van der Waals surface area contributed by atoms with Crippen LogP contribution >= 0.6 is 11.3 Å². The number of carbonyl (C=O) groups excluding carboxylic acids is 1. The molecule has 1 aliphatic rings. The van der Waals surface area contributed by atoms with Crippen LogP contribution in [0.4, 0.5) is 10.9 Å². The van der Waals surface area contributed by atoms with E-state index in [1.807, 2.05) is 43.3 Å². The third-order valence-corrected chi connectivity index (χ3v) is 6.10. The van der Waals surface area contributed by atoms with Crippen molar-refractivity contribution in [1.82, 2.24) is 25.2 Å². The molecule has 1 fully saturated rings. The summed E-state index contributed by atoms with van der Waals surface area (Å²) in [4.78, 5) is 28.1. The van der Waals surface area contributed by atoms with E-state index in [9.17, 15) is 4.79 Å². The Balaban J connectivity index is 1.41. The van der Waals surface area contributed by atoms with Crippen molar-refractivity contribution in [2.24, 2.45) is 0 Å². The van der Waals surface area contributed by atoms with E-state index >= 15 is 0 Å². The summed E-state index contributed by atoms with van der Waals surface area (Å²) >= 11 is 1.36. The lowest BCUT2D eigenvalue weighted by molar-refractivity contribution is 0.0946. The standard InChI is InChI=1S/C23H25N7OS/c1-16-26-19(18-8-5-10-30(14-18)11-9-24)12-21(27-16)29-23-28-20(15-32-23)22(31)25-13-17-6-3-2-4-7-17/h2-4,6-7,12,15,18H,5,8,10-11,13-14H2,1H3,(H,25,31)(H,26,27,28,29). The summed E-state index contributed by atoms with van der Waals surface area (Å²) in [5.41, 5.74) is 2.38. The fourth-order valence-corrected chi connectivity index (χ4v) is 4.52. The second kappa shape index (κ2) is 10.3. The lowest BCUT2D eigenvalue weighted by atomic mass is 9.94. The van der Waals surface area contributed by atoms with Gasteiger partial charge in [0.2, 0.25) is 0 Å². The van der Waals surface area contributed by atoms with Crippen molar-refractivity contribution in [3.63, 3.8) is 0 Å². The number of aryl methyl sites for hydroxylation is 1. The molecule has 0 bridgehead atoms. The maximum absolute atomic E-state index is 12.4. The van der Waals surface area contributed by atoms with Gasteiger partial charge in [-0.1, -0.05) is 30.3 Å². The largest absolute Gasteiger partial charge is 0.347 e. The zero-order valence-corrected chi connectivity index (χ0v) is 18.7. The third-order valence-electron chi connectivity index (χ3n) is 5.34. The molecule has 1 aliphatic heterocycles. The Morgan fingerprint density at radius 1 is 1.28 bits per heavy atom. The molecule has 1 aromatic carbocycles. The lowest BCUT2D eigenvalue weighted by Crippen LogP contribution is -2.35. The van der Waals surface area contributed by atoms with Crippen LogP contribution in [0.15, 0.2) is 41.8 Å². The Labute approximate surface area is 191 Å². The second-order valence-electron chi connectivity index (χ2n) is 7.79. The van der Waals surface area contributed by atoms with Crippen molar-refractivity contribution in [3.8, 4) is 6.07 Å². The fraction of sp³-hybridized carbons (Fsp3) is 0.348. The molecule has 1 atom stereocenters. The van der Waals surface area contributed by atoms with Gasteiger partial charge in [-0.2, -0.15) is 5.26 Å². The topological polar surface area (TPSA) is 107 Å². The molecule has 1 amide bonds. The molecule has 0 saturated carbocycles. The maximum Gasteiger partial charge on any atom is 0.271 e. The first-order valence-electron chi connectivity index (χ1n) is 10.6. The van der Waals surface area contributed by atoms with Crippen LogP contribution < -0.4 is 10.6 Å². The van der Waals surface area contributed by atoms with Crippen LogP contribution in [-0.4, -0.2) is 45.4 Å². The number of nitrogens with zero attached hydrogens (tertiary/aromatic N) is 5. The summed E-state index contributed by atoms with van der Waals surface area (Å²) in [5.74, 6) is 1.41. The van der Waals surface area contributed by atoms with Gasteiger partial charge in [0.25, 0.3) is 5.91 Å². The molecule has 8 nitrogen and oxygen atoms in total. The molecule has 1 unspecified atom stereocenters. The van der Waals surface area contributed by atoms with Crippen molar-refractivity contribution in [3.05, 3.63) is 64.6 Å². The predicted octanol–water partition coefficient (Wildman–Crippen LogP) is 3.62. The van der Waals surface area contributed by atoms with Crippen molar-refractivity contribution in [2.75, 3.05) is 25.0 Å². The number of rotatable bonds is 7. The van der Waals surface area contributed by atoms with Crippen LogP contribution in [0.25, 0.3) is 0 Å². The fourth-order valence-electron chi connectivity index (χ4n) is 3.82. The average molecular weight is 448 g/mol. The first-order valence-corrected chi connectivity index (χ1v) is 11.5. The van der Waals surface area contributed by atoms with Crippen molar-refractivity contribution < 1.29 is 4.79 Å². The number of thiazole rings is 1. The van der Waals surface area contributed by atoms with Crippen molar-refractivity contribution in [2.45, 2.75) is 32.2 Å². The molecule has 2 aromatic heterocycles. The third kappa shape index (κ3) is 5.66. The van der Waals surface area contributed by atoms with E-state index in [0.29, 0.717) is 35.6 Å². The summed E-state index contributed by atoms with van der Waals surface area (Å²) in [5, 5.41) is 17.5. The number of anilines is 2. The molecular formula is C23H25N7OS. The van der Waals surface area contributed by atoms with Crippen LogP contribution in [0.3, 0.4) is 0 Å². The van der Waals surface area contributed by atoms with Gasteiger partial charge in [0.05, 0.1) is 18.3 Å². The summed E-state index contributed by atoms with van der Waals surface area (Å²) in [7, 11) is 0. The molecule has 3 heterocycles. The highest BCUT2D eigenvalue weighted by Gasteiger charge is 2.23. The van der Waals surface area contributed by atoms with E-state index in [1.165, 1.54) is 11.3 Å². The van der Waals surface area contributed by atoms with E-state index in [2.05, 4.69) is 36.6 Å². The number of hydrogen-bond acceptors (Lipinski definition) is 8. The number of likely N-dealkylation sites (tertiary alicyclic amines) is 1. The highest BCUT2D eigenvalue weighted by atomic mass is 32.1. The van der Waals surface area contributed by atoms with E-state index in [-0.39, 0.29) is 11.8 Å². The molecule has 164 valence electrons. The molecule has 1 saturated heterocycles. The number of benzene rings is 1. The number of hydrogen-bond donors (Lipinski definition) is 2. The van der Waals surface area contributed by atoms with E-state index < -0.39 is 0 Å². The minimum atomic E-state index is -0.211. The quantitative estimate of drug-likeness (QED) is 0.533. The highest BCUT2D eigenvalue weighted by Crippen LogP contribution is 2.28. The monoisotopic (exact) mass is 447 g/mol. The van der Waals surface area contributed by atoms with Gasteiger partial charge in [0, 0.05) is 30.5 Å². The molecule has 4 rings (SSSR count). The zero-order valence-electron chi connectivity index (χ0n) is 17.9. The Hall–Kier alpha value is -3.35.